The number of carbonyl (C=O) groups is 3. The number of piperidine rings is 1. The second-order valence-electron chi connectivity index (χ2n) is 17.4. The number of rotatable bonds is 10. The number of alkyl halides is 3. The van der Waals surface area contributed by atoms with Gasteiger partial charge < -0.3 is 34.5 Å². The summed E-state index contributed by atoms with van der Waals surface area (Å²) in [5.74, 6) is -2.15. The molecule has 5 aliphatic heterocycles. The van der Waals surface area contributed by atoms with Crippen LogP contribution in [0.15, 0.2) is 40.8 Å². The van der Waals surface area contributed by atoms with E-state index in [1.807, 2.05) is 23.3 Å². The summed E-state index contributed by atoms with van der Waals surface area (Å²) < 4.78 is 54.7. The number of likely N-dealkylation sites (tertiary alicyclic amines) is 2. The Kier molecular flexibility index (Phi) is 9.66. The predicted molar refractivity (Wildman–Crippen MR) is 203 cm³/mol. The first kappa shape index (κ1) is 38.4. The van der Waals surface area contributed by atoms with Crippen molar-refractivity contribution < 1.29 is 37.0 Å². The van der Waals surface area contributed by atoms with Crippen LogP contribution in [0.4, 0.5) is 18.9 Å². The first-order valence-corrected chi connectivity index (χ1v) is 21.0. The smallest absolute Gasteiger partial charge is 0.378 e. The molecule has 7 fully saturated rings. The number of fused-ring (bicyclic) bond motifs is 4. The Bertz CT molecular complexity index is 2060. The van der Waals surface area contributed by atoms with Crippen LogP contribution in [0.3, 0.4) is 0 Å². The van der Waals surface area contributed by atoms with E-state index < -0.39 is 46.9 Å². The molecule has 2 saturated carbocycles. The van der Waals surface area contributed by atoms with Crippen LogP contribution in [-0.4, -0.2) is 119 Å². The number of nitrogens with zero attached hydrogens (tertiary/aromatic N) is 5. The molecule has 17 heteroatoms. The maximum absolute atomic E-state index is 14.8. The molecule has 7 heterocycles. The fraction of sp³-hybridized carbons (Fsp3) is 0.650. The van der Waals surface area contributed by atoms with E-state index in [-0.39, 0.29) is 67.9 Å². The Morgan fingerprint density at radius 3 is 2.46 bits per heavy atom. The topological polar surface area (TPSA) is 150 Å². The minimum atomic E-state index is -4.65. The molecular weight excluding hydrogens is 764 g/mol. The molecule has 0 radical (unpaired) electrons. The fourth-order valence-electron chi connectivity index (χ4n) is 10.1. The van der Waals surface area contributed by atoms with Gasteiger partial charge >= 0.3 is 6.18 Å². The van der Waals surface area contributed by atoms with Crippen LogP contribution < -0.4 is 15.8 Å². The van der Waals surface area contributed by atoms with E-state index >= 15 is 0 Å². The molecule has 0 unspecified atom stereocenters. The number of hydrogen-bond donors (Lipinski definition) is 2. The molecule has 3 aromatic rings. The van der Waals surface area contributed by atoms with Gasteiger partial charge in [0, 0.05) is 67.6 Å². The number of halogens is 3. The van der Waals surface area contributed by atoms with Crippen molar-refractivity contribution >= 4 is 45.8 Å². The average molecular weight is 812 g/mol. The molecule has 5 saturated heterocycles. The molecule has 306 valence electrons. The van der Waals surface area contributed by atoms with Crippen LogP contribution in [0, 0.1) is 22.2 Å². The lowest BCUT2D eigenvalue weighted by Gasteiger charge is -2.51. The zero-order chi connectivity index (χ0) is 39.7. The largest absolute Gasteiger partial charge is 0.403 e. The van der Waals surface area contributed by atoms with E-state index in [0.29, 0.717) is 43.0 Å². The van der Waals surface area contributed by atoms with E-state index in [4.69, 9.17) is 9.47 Å². The Balaban J connectivity index is 0.979. The number of thiazole rings is 1. The van der Waals surface area contributed by atoms with Crippen LogP contribution in [0.2, 0.25) is 0 Å². The molecule has 2 N–H and O–H groups in total. The van der Waals surface area contributed by atoms with E-state index in [9.17, 15) is 32.3 Å². The summed E-state index contributed by atoms with van der Waals surface area (Å²) in [6.07, 6.45) is 2.79. The molecule has 7 aliphatic rings. The van der Waals surface area contributed by atoms with E-state index in [1.165, 1.54) is 11.1 Å². The Morgan fingerprint density at radius 2 is 1.81 bits per heavy atom. The number of H-pyrrole nitrogens is 1. The number of aromatic nitrogens is 3. The van der Waals surface area contributed by atoms with Gasteiger partial charge in [0.1, 0.15) is 17.0 Å². The number of aromatic amines is 1. The van der Waals surface area contributed by atoms with Crippen LogP contribution in [0.5, 0.6) is 0 Å². The summed E-state index contributed by atoms with van der Waals surface area (Å²) in [5.41, 5.74) is -2.12. The van der Waals surface area contributed by atoms with Gasteiger partial charge in [0.05, 0.1) is 53.7 Å². The maximum Gasteiger partial charge on any atom is 0.403 e. The molecule has 2 aromatic heterocycles. The minimum absolute atomic E-state index is 0.0360. The highest BCUT2D eigenvalue weighted by molar-refractivity contribution is 7.09. The van der Waals surface area contributed by atoms with Crippen molar-refractivity contribution in [2.24, 2.45) is 22.2 Å². The number of hydrogen-bond acceptors (Lipinski definition) is 10. The van der Waals surface area contributed by atoms with Crippen molar-refractivity contribution in [1.82, 2.24) is 30.1 Å². The predicted octanol–water partition coefficient (Wildman–Crippen LogP) is 4.24. The van der Waals surface area contributed by atoms with Gasteiger partial charge in [0.15, 0.2) is 0 Å². The van der Waals surface area contributed by atoms with Gasteiger partial charge in [0.25, 0.3) is 5.56 Å². The van der Waals surface area contributed by atoms with Gasteiger partial charge in [-0.05, 0) is 70.4 Å². The summed E-state index contributed by atoms with van der Waals surface area (Å²) in [4.78, 5) is 71.4. The van der Waals surface area contributed by atoms with E-state index in [0.717, 1.165) is 43.5 Å². The van der Waals surface area contributed by atoms with Crippen molar-refractivity contribution in [2.45, 2.75) is 88.6 Å². The maximum atomic E-state index is 14.8. The number of benzene rings is 1. The molecule has 2 bridgehead atoms. The van der Waals surface area contributed by atoms with Gasteiger partial charge in [-0.3, -0.25) is 19.2 Å². The summed E-state index contributed by atoms with van der Waals surface area (Å²) >= 11 is 1.61. The van der Waals surface area contributed by atoms with Gasteiger partial charge in [-0.15, -0.1) is 11.3 Å². The Labute approximate surface area is 331 Å². The number of ether oxygens (including phenoxy) is 2. The lowest BCUT2D eigenvalue weighted by atomic mass is 9.70. The molecule has 13 nitrogen and oxygen atoms in total. The third-order valence-corrected chi connectivity index (χ3v) is 14.7. The Hall–Kier alpha value is -4.09. The van der Waals surface area contributed by atoms with Gasteiger partial charge in [-0.25, -0.2) is 9.97 Å². The van der Waals surface area contributed by atoms with Crippen LogP contribution in [-0.2, 0) is 23.9 Å². The van der Waals surface area contributed by atoms with Crippen LogP contribution in [0.25, 0.3) is 11.0 Å². The van der Waals surface area contributed by atoms with Crippen molar-refractivity contribution in [3.05, 3.63) is 51.3 Å². The van der Waals surface area contributed by atoms with Crippen LogP contribution in [0.1, 0.15) is 69.2 Å². The second-order valence-corrected chi connectivity index (χ2v) is 18.4. The van der Waals surface area contributed by atoms with Crippen molar-refractivity contribution in [1.29, 1.82) is 0 Å². The lowest BCUT2D eigenvalue weighted by molar-refractivity contribution is -0.205. The third kappa shape index (κ3) is 6.90. The second kappa shape index (κ2) is 14.3. The monoisotopic (exact) mass is 811 g/mol. The normalized spacial score (nSPS) is 27.7. The summed E-state index contributed by atoms with van der Waals surface area (Å²) in [7, 11) is 0. The first-order valence-electron chi connectivity index (χ1n) is 20.1. The third-order valence-electron chi connectivity index (χ3n) is 13.8. The summed E-state index contributed by atoms with van der Waals surface area (Å²) in [6.45, 7) is 4.14. The van der Waals surface area contributed by atoms with E-state index in [2.05, 4.69) is 20.3 Å². The lowest BCUT2D eigenvalue weighted by Crippen LogP contribution is -2.67. The zero-order valence-electron chi connectivity index (χ0n) is 31.9. The Morgan fingerprint density at radius 1 is 1.05 bits per heavy atom. The molecule has 10 rings (SSSR count). The molecule has 57 heavy (non-hydrogen) atoms. The molecule has 3 atom stereocenters. The molecule has 3 amide bonds. The highest BCUT2D eigenvalue weighted by Crippen LogP contribution is 2.60. The summed E-state index contributed by atoms with van der Waals surface area (Å²) in [5, 5.41) is 6.10. The number of nitrogens with one attached hydrogen (secondary N) is 2. The quantitative estimate of drug-likeness (QED) is 0.307. The van der Waals surface area contributed by atoms with E-state index in [1.54, 1.807) is 34.6 Å². The van der Waals surface area contributed by atoms with Crippen molar-refractivity contribution in [3.63, 3.8) is 0 Å². The number of para-hydroxylation sites is 1. The van der Waals surface area contributed by atoms with Gasteiger partial charge in [-0.2, -0.15) is 13.2 Å². The standard InChI is InChI=1S/C40H48F3N7O6S/c1-24(55-22-37-9-5-26(6-10-37)56-23-37)31(35(53)48-14-7-25(8-15-48)34-44-13-16-57-34)47-33(52)27-18-49(29-4-2-3-28-32(29)45-17-30(51)46-28)19-38(27)20-50(21-38)36(54)39(11-12-39)40(41,42)43/h2-4,13,16-17,24-27,31H,5-12,14-15,18-23H2,1H3,(H,46,51)(H,47,52)/t24-,26?,27+,31+,37?/m1/s1. The molecular formula is C40H48F3N7O6S. The van der Waals surface area contributed by atoms with Crippen LogP contribution >= 0.6 is 11.3 Å². The average Bonchev–Trinajstić information content (AvgIpc) is 3.67. The zero-order valence-corrected chi connectivity index (χ0v) is 32.7. The highest BCUT2D eigenvalue weighted by Gasteiger charge is 2.71. The van der Waals surface area contributed by atoms with Crippen molar-refractivity contribution in [2.75, 3.05) is 57.4 Å². The van der Waals surface area contributed by atoms with Gasteiger partial charge in [-0.1, -0.05) is 6.07 Å². The minimum Gasteiger partial charge on any atom is -0.378 e. The SMILES string of the molecule is C[C@@H](OCC12CCC(CC1)OC2)[C@H](NC(=O)[C@@H]1CN(c2cccc3[nH]c(=O)cnc23)CC12CN(C(=O)C1(C(F)(F)F)CC1)C2)C(=O)N1CCC(c2nccs2)CC1. The highest BCUT2D eigenvalue weighted by atomic mass is 32.1. The number of amides is 3. The number of carbonyl (C=O) groups excluding carboxylic acids is 3. The fourth-order valence-corrected chi connectivity index (χ4v) is 10.9. The molecule has 2 aliphatic carbocycles. The first-order chi connectivity index (χ1) is 27.3. The molecule has 1 spiro atoms. The van der Waals surface area contributed by atoms with Crippen molar-refractivity contribution in [3.8, 4) is 0 Å². The summed E-state index contributed by atoms with van der Waals surface area (Å²) in [6, 6.07) is 4.28. The van der Waals surface area contributed by atoms with Gasteiger partial charge in [0.2, 0.25) is 17.7 Å². The number of anilines is 1. The molecule has 1 aromatic carbocycles.